The molecular weight excluding hydrogens is 286 g/mol. The van der Waals surface area contributed by atoms with E-state index in [1.807, 2.05) is 24.3 Å². The molecule has 0 saturated carbocycles. The molecular formula is C16H20ClN3O. The predicted octanol–water partition coefficient (Wildman–Crippen LogP) is 3.44. The normalized spacial score (nSPS) is 16.2. The Bertz CT molecular complexity index is 599. The Labute approximate surface area is 129 Å². The Balaban J connectivity index is 1.53. The third kappa shape index (κ3) is 3.83. The lowest BCUT2D eigenvalue weighted by Crippen LogP contribution is -2.27. The molecule has 0 atom stereocenters. The van der Waals surface area contributed by atoms with Gasteiger partial charge in [0.25, 0.3) is 5.88 Å². The number of hydrogen-bond donors (Lipinski definition) is 1. The average molecular weight is 306 g/mol. The molecule has 0 bridgehead atoms. The van der Waals surface area contributed by atoms with Gasteiger partial charge in [-0.2, -0.15) is 0 Å². The first kappa shape index (κ1) is 14.5. The molecule has 0 amide bonds. The number of halogens is 1. The highest BCUT2D eigenvalue weighted by atomic mass is 35.5. The summed E-state index contributed by atoms with van der Waals surface area (Å²) in [6.45, 7) is 2.94. The Morgan fingerprint density at radius 3 is 2.62 bits per heavy atom. The maximum atomic E-state index is 6.12. The van der Waals surface area contributed by atoms with E-state index >= 15 is 0 Å². The quantitative estimate of drug-likeness (QED) is 0.860. The Morgan fingerprint density at radius 2 is 1.86 bits per heavy atom. The fraction of sp³-hybridized carbons (Fsp3) is 0.500. The maximum Gasteiger partial charge on any atom is 0.252 e. The van der Waals surface area contributed by atoms with Crippen LogP contribution in [0.1, 0.15) is 25.7 Å². The Morgan fingerprint density at radius 1 is 1.14 bits per heavy atom. The zero-order valence-corrected chi connectivity index (χ0v) is 12.8. The van der Waals surface area contributed by atoms with Crippen LogP contribution in [0, 0.1) is 5.92 Å². The van der Waals surface area contributed by atoms with Crippen LogP contribution in [0.4, 0.5) is 0 Å². The highest BCUT2D eigenvalue weighted by Gasteiger charge is 2.13. The van der Waals surface area contributed by atoms with Crippen LogP contribution >= 0.6 is 11.6 Å². The number of para-hydroxylation sites is 2. The molecule has 4 nitrogen and oxygen atoms in total. The zero-order valence-electron chi connectivity index (χ0n) is 12.0. The van der Waals surface area contributed by atoms with Crippen LogP contribution in [0.15, 0.2) is 24.3 Å². The second-order valence-corrected chi connectivity index (χ2v) is 5.85. The highest BCUT2D eigenvalue weighted by Crippen LogP contribution is 2.24. The van der Waals surface area contributed by atoms with E-state index in [4.69, 9.17) is 16.3 Å². The lowest BCUT2D eigenvalue weighted by atomic mass is 9.93. The molecule has 3 rings (SSSR count). The van der Waals surface area contributed by atoms with Crippen molar-refractivity contribution < 1.29 is 4.74 Å². The summed E-state index contributed by atoms with van der Waals surface area (Å²) in [5.74, 6) is 1.27. The number of nitrogens with zero attached hydrogens (tertiary/aromatic N) is 2. The lowest BCUT2D eigenvalue weighted by Gasteiger charge is -2.22. The molecule has 1 N–H and O–H groups in total. The van der Waals surface area contributed by atoms with Crippen molar-refractivity contribution in [1.29, 1.82) is 0 Å². The van der Waals surface area contributed by atoms with Gasteiger partial charge < -0.3 is 10.1 Å². The van der Waals surface area contributed by atoms with Crippen molar-refractivity contribution in [2.75, 3.05) is 19.7 Å². The SMILES string of the molecule is Clc1nc2ccccc2nc1OCCCC1CCNCC1. The molecule has 2 heterocycles. The Kier molecular flexibility index (Phi) is 4.88. The van der Waals surface area contributed by atoms with E-state index in [2.05, 4.69) is 15.3 Å². The summed E-state index contributed by atoms with van der Waals surface area (Å²) in [6, 6.07) is 7.67. The first-order valence-electron chi connectivity index (χ1n) is 7.59. The maximum absolute atomic E-state index is 6.12. The van der Waals surface area contributed by atoms with Crippen LogP contribution in [0.3, 0.4) is 0 Å². The molecule has 5 heteroatoms. The lowest BCUT2D eigenvalue weighted by molar-refractivity contribution is 0.267. The number of piperidine rings is 1. The predicted molar refractivity (Wildman–Crippen MR) is 84.9 cm³/mol. The summed E-state index contributed by atoms with van der Waals surface area (Å²) in [7, 11) is 0. The van der Waals surface area contributed by atoms with E-state index in [0.29, 0.717) is 17.6 Å². The minimum absolute atomic E-state index is 0.343. The molecule has 21 heavy (non-hydrogen) atoms. The van der Waals surface area contributed by atoms with E-state index < -0.39 is 0 Å². The number of hydrogen-bond acceptors (Lipinski definition) is 4. The van der Waals surface area contributed by atoms with Crippen LogP contribution in [-0.2, 0) is 0 Å². The van der Waals surface area contributed by atoms with Gasteiger partial charge in [0.15, 0.2) is 5.15 Å². The van der Waals surface area contributed by atoms with Crippen molar-refractivity contribution in [3.63, 3.8) is 0 Å². The van der Waals surface area contributed by atoms with E-state index in [0.717, 1.165) is 36.5 Å². The van der Waals surface area contributed by atoms with Gasteiger partial charge in [-0.1, -0.05) is 23.7 Å². The topological polar surface area (TPSA) is 47.0 Å². The third-order valence-electron chi connectivity index (χ3n) is 3.95. The first-order chi connectivity index (χ1) is 10.3. The van der Waals surface area contributed by atoms with Crippen molar-refractivity contribution in [1.82, 2.24) is 15.3 Å². The summed E-state index contributed by atoms with van der Waals surface area (Å²) >= 11 is 6.12. The molecule has 1 aromatic heterocycles. The minimum atomic E-state index is 0.343. The molecule has 1 aliphatic heterocycles. The molecule has 0 spiro atoms. The van der Waals surface area contributed by atoms with Crippen molar-refractivity contribution in [2.45, 2.75) is 25.7 Å². The third-order valence-corrected chi connectivity index (χ3v) is 4.20. The fourth-order valence-electron chi connectivity index (χ4n) is 2.77. The molecule has 0 aliphatic carbocycles. The van der Waals surface area contributed by atoms with Crippen LogP contribution in [0.5, 0.6) is 5.88 Å². The van der Waals surface area contributed by atoms with Crippen molar-refractivity contribution in [3.05, 3.63) is 29.4 Å². The summed E-state index contributed by atoms with van der Waals surface area (Å²) in [4.78, 5) is 8.75. The highest BCUT2D eigenvalue weighted by molar-refractivity contribution is 6.31. The van der Waals surface area contributed by atoms with E-state index in [1.54, 1.807) is 0 Å². The number of rotatable bonds is 5. The van der Waals surface area contributed by atoms with Gasteiger partial charge in [-0.3, -0.25) is 0 Å². The molecule has 1 fully saturated rings. The number of nitrogens with one attached hydrogen (secondary N) is 1. The number of fused-ring (bicyclic) bond motifs is 1. The van der Waals surface area contributed by atoms with Gasteiger partial charge in [0.1, 0.15) is 0 Å². The summed E-state index contributed by atoms with van der Waals surface area (Å²) in [5, 5.41) is 3.73. The second-order valence-electron chi connectivity index (χ2n) is 5.49. The van der Waals surface area contributed by atoms with Crippen LogP contribution in [-0.4, -0.2) is 29.7 Å². The molecule has 112 valence electrons. The van der Waals surface area contributed by atoms with E-state index in [1.165, 1.54) is 19.3 Å². The van der Waals surface area contributed by atoms with Gasteiger partial charge in [-0.15, -0.1) is 0 Å². The average Bonchev–Trinajstić information content (AvgIpc) is 2.53. The molecule has 1 saturated heterocycles. The molecule has 2 aromatic rings. The van der Waals surface area contributed by atoms with Crippen molar-refractivity contribution >= 4 is 22.6 Å². The van der Waals surface area contributed by atoms with Crippen LogP contribution in [0.25, 0.3) is 11.0 Å². The number of aromatic nitrogens is 2. The Hall–Kier alpha value is -1.39. The van der Waals surface area contributed by atoms with Gasteiger partial charge in [-0.05, 0) is 56.8 Å². The van der Waals surface area contributed by atoms with E-state index in [9.17, 15) is 0 Å². The summed E-state index contributed by atoms with van der Waals surface area (Å²) in [5.41, 5.74) is 1.61. The van der Waals surface area contributed by atoms with Gasteiger partial charge in [0.2, 0.25) is 0 Å². The molecule has 0 unspecified atom stereocenters. The first-order valence-corrected chi connectivity index (χ1v) is 7.96. The molecule has 0 radical (unpaired) electrons. The monoisotopic (exact) mass is 305 g/mol. The second kappa shape index (κ2) is 7.05. The van der Waals surface area contributed by atoms with Crippen molar-refractivity contribution in [2.24, 2.45) is 5.92 Å². The molecule has 1 aromatic carbocycles. The molecule has 1 aliphatic rings. The van der Waals surface area contributed by atoms with Gasteiger partial charge in [0, 0.05) is 0 Å². The minimum Gasteiger partial charge on any atom is -0.475 e. The number of benzene rings is 1. The smallest absolute Gasteiger partial charge is 0.252 e. The van der Waals surface area contributed by atoms with Crippen molar-refractivity contribution in [3.8, 4) is 5.88 Å². The van der Waals surface area contributed by atoms with Gasteiger partial charge >= 0.3 is 0 Å². The standard InChI is InChI=1S/C16H20ClN3O/c17-15-16(20-14-6-2-1-5-13(14)19-15)21-11-3-4-12-7-9-18-10-8-12/h1-2,5-6,12,18H,3-4,7-11H2. The van der Waals surface area contributed by atoms with Gasteiger partial charge in [0.05, 0.1) is 17.6 Å². The summed E-state index contributed by atoms with van der Waals surface area (Å²) in [6.07, 6.45) is 4.79. The fourth-order valence-corrected chi connectivity index (χ4v) is 2.95. The van der Waals surface area contributed by atoms with Crippen LogP contribution < -0.4 is 10.1 Å². The van der Waals surface area contributed by atoms with E-state index in [-0.39, 0.29) is 0 Å². The number of ether oxygens (including phenoxy) is 1. The summed E-state index contributed by atoms with van der Waals surface area (Å²) < 4.78 is 5.71. The van der Waals surface area contributed by atoms with Crippen LogP contribution in [0.2, 0.25) is 5.15 Å². The van der Waals surface area contributed by atoms with Gasteiger partial charge in [-0.25, -0.2) is 9.97 Å². The zero-order chi connectivity index (χ0) is 14.5. The largest absolute Gasteiger partial charge is 0.475 e.